The van der Waals surface area contributed by atoms with Crippen molar-refractivity contribution in [2.45, 2.75) is 40.0 Å². The largest absolute Gasteiger partial charge is 0.478 e. The molecule has 0 aromatic heterocycles. The van der Waals surface area contributed by atoms with Crippen LogP contribution in [0.1, 0.15) is 40.2 Å². The van der Waals surface area contributed by atoms with Crippen molar-refractivity contribution in [3.05, 3.63) is 41.0 Å². The van der Waals surface area contributed by atoms with E-state index in [1.807, 2.05) is 24.3 Å². The first kappa shape index (κ1) is 16.0. The molecule has 0 fully saturated rings. The summed E-state index contributed by atoms with van der Waals surface area (Å²) in [6.45, 7) is 9.26. The highest BCUT2D eigenvalue weighted by Crippen LogP contribution is 2.23. The summed E-state index contributed by atoms with van der Waals surface area (Å²) in [4.78, 5) is 22.7. The van der Waals surface area contributed by atoms with E-state index in [-0.39, 0.29) is 16.6 Å². The molecule has 0 saturated heterocycles. The van der Waals surface area contributed by atoms with E-state index < -0.39 is 11.9 Å². The Morgan fingerprint density at radius 2 is 1.50 bits per heavy atom. The lowest BCUT2D eigenvalue weighted by atomic mass is 9.87. The molecular formula is C16H21NO3. The Balaban J connectivity index is 2.88. The van der Waals surface area contributed by atoms with Crippen LogP contribution in [0.25, 0.3) is 0 Å². The van der Waals surface area contributed by atoms with Gasteiger partial charge >= 0.3 is 5.97 Å². The van der Waals surface area contributed by atoms with Crippen molar-refractivity contribution in [3.63, 3.8) is 0 Å². The van der Waals surface area contributed by atoms with E-state index in [9.17, 15) is 9.59 Å². The van der Waals surface area contributed by atoms with Crippen molar-refractivity contribution in [1.29, 1.82) is 0 Å². The van der Waals surface area contributed by atoms with Gasteiger partial charge in [-0.05, 0) is 37.0 Å². The number of nitrogens with one attached hydrogen (secondary N) is 1. The van der Waals surface area contributed by atoms with E-state index >= 15 is 0 Å². The van der Waals surface area contributed by atoms with E-state index in [0.29, 0.717) is 5.69 Å². The summed E-state index contributed by atoms with van der Waals surface area (Å²) in [6.07, 6.45) is 0. The zero-order valence-corrected chi connectivity index (χ0v) is 12.6. The highest BCUT2D eigenvalue weighted by atomic mass is 16.4. The fourth-order valence-corrected chi connectivity index (χ4v) is 1.61. The van der Waals surface area contributed by atoms with Crippen LogP contribution >= 0.6 is 0 Å². The summed E-state index contributed by atoms with van der Waals surface area (Å²) < 4.78 is 0. The smallest absolute Gasteiger partial charge is 0.331 e. The van der Waals surface area contributed by atoms with Crippen molar-refractivity contribution in [2.75, 3.05) is 5.32 Å². The summed E-state index contributed by atoms with van der Waals surface area (Å²) in [5, 5.41) is 11.6. The molecule has 0 aliphatic heterocycles. The molecule has 4 heteroatoms. The van der Waals surface area contributed by atoms with Gasteiger partial charge in [0.15, 0.2) is 0 Å². The second kappa shape index (κ2) is 5.90. The lowest BCUT2D eigenvalue weighted by Crippen LogP contribution is -2.16. The van der Waals surface area contributed by atoms with Gasteiger partial charge in [-0.25, -0.2) is 4.79 Å². The minimum Gasteiger partial charge on any atom is -0.478 e. The molecule has 0 heterocycles. The van der Waals surface area contributed by atoms with Crippen molar-refractivity contribution >= 4 is 17.6 Å². The molecule has 0 saturated carbocycles. The zero-order valence-electron chi connectivity index (χ0n) is 12.6. The minimum absolute atomic E-state index is 0.0498. The summed E-state index contributed by atoms with van der Waals surface area (Å²) >= 11 is 0. The van der Waals surface area contributed by atoms with Gasteiger partial charge in [0.05, 0.1) is 0 Å². The van der Waals surface area contributed by atoms with Gasteiger partial charge < -0.3 is 10.4 Å². The van der Waals surface area contributed by atoms with Crippen LogP contribution in [-0.2, 0) is 15.0 Å². The first-order valence-corrected chi connectivity index (χ1v) is 6.45. The molecule has 4 nitrogen and oxygen atoms in total. The Labute approximate surface area is 119 Å². The number of hydrogen-bond acceptors (Lipinski definition) is 2. The zero-order chi connectivity index (χ0) is 15.5. The summed E-state index contributed by atoms with van der Waals surface area (Å²) in [6, 6.07) is 7.56. The second-order valence-electron chi connectivity index (χ2n) is 5.84. The number of carboxylic acids is 1. The molecule has 0 atom stereocenters. The molecule has 20 heavy (non-hydrogen) atoms. The molecule has 2 N–H and O–H groups in total. The van der Waals surface area contributed by atoms with Crippen LogP contribution in [0.5, 0.6) is 0 Å². The quantitative estimate of drug-likeness (QED) is 0.831. The number of carboxylic acid groups (broad SMARTS) is 1. The maximum absolute atomic E-state index is 11.9. The number of anilines is 1. The number of carbonyl (C=O) groups is 2. The monoisotopic (exact) mass is 275 g/mol. The third kappa shape index (κ3) is 3.95. The molecule has 1 rings (SSSR count). The molecule has 0 spiro atoms. The highest BCUT2D eigenvalue weighted by Gasteiger charge is 2.15. The average Bonchev–Trinajstić information content (AvgIpc) is 2.36. The van der Waals surface area contributed by atoms with Gasteiger partial charge in [0.25, 0.3) is 5.91 Å². The third-order valence-electron chi connectivity index (χ3n) is 3.23. The van der Waals surface area contributed by atoms with Crippen LogP contribution in [0.3, 0.4) is 0 Å². The van der Waals surface area contributed by atoms with Gasteiger partial charge in [0, 0.05) is 16.8 Å². The number of amides is 1. The number of carbonyl (C=O) groups excluding carboxylic acids is 1. The van der Waals surface area contributed by atoms with Crippen molar-refractivity contribution < 1.29 is 14.7 Å². The molecule has 1 amide bonds. The molecular weight excluding hydrogens is 254 g/mol. The fourth-order valence-electron chi connectivity index (χ4n) is 1.61. The SMILES string of the molecule is CC(C(=O)O)=C(C)C(=O)Nc1ccc(C(C)(C)C)cc1. The van der Waals surface area contributed by atoms with Crippen LogP contribution in [0, 0.1) is 0 Å². The maximum Gasteiger partial charge on any atom is 0.331 e. The Hall–Kier alpha value is -2.10. The van der Waals surface area contributed by atoms with Gasteiger partial charge in [0.2, 0.25) is 0 Å². The first-order valence-electron chi connectivity index (χ1n) is 6.45. The number of benzene rings is 1. The van der Waals surface area contributed by atoms with Gasteiger partial charge in [-0.15, -0.1) is 0 Å². The lowest BCUT2D eigenvalue weighted by molar-refractivity contribution is -0.133. The fraction of sp³-hybridized carbons (Fsp3) is 0.375. The van der Waals surface area contributed by atoms with Gasteiger partial charge in [-0.2, -0.15) is 0 Å². The van der Waals surface area contributed by atoms with Crippen molar-refractivity contribution in [3.8, 4) is 0 Å². The lowest BCUT2D eigenvalue weighted by Gasteiger charge is -2.19. The van der Waals surface area contributed by atoms with E-state index in [0.717, 1.165) is 0 Å². The molecule has 1 aromatic rings. The van der Waals surface area contributed by atoms with Gasteiger partial charge in [0.1, 0.15) is 0 Å². The summed E-state index contributed by atoms with van der Waals surface area (Å²) in [7, 11) is 0. The summed E-state index contributed by atoms with van der Waals surface area (Å²) in [5.74, 6) is -1.48. The van der Waals surface area contributed by atoms with Crippen LogP contribution in [0.2, 0.25) is 0 Å². The minimum atomic E-state index is -1.08. The van der Waals surface area contributed by atoms with Crippen LogP contribution < -0.4 is 5.32 Å². The molecule has 0 aliphatic carbocycles. The standard InChI is InChI=1S/C16H21NO3/c1-10(11(2)15(19)20)14(18)17-13-8-6-12(7-9-13)16(3,4)5/h6-9H,1-5H3,(H,17,18)(H,19,20). The van der Waals surface area contributed by atoms with Crippen LogP contribution in [-0.4, -0.2) is 17.0 Å². The van der Waals surface area contributed by atoms with E-state index in [1.165, 1.54) is 19.4 Å². The Morgan fingerprint density at radius 3 is 1.90 bits per heavy atom. The van der Waals surface area contributed by atoms with Crippen LogP contribution in [0.15, 0.2) is 35.4 Å². The Morgan fingerprint density at radius 1 is 1.00 bits per heavy atom. The molecule has 0 aliphatic rings. The first-order chi connectivity index (χ1) is 9.12. The topological polar surface area (TPSA) is 66.4 Å². The predicted molar refractivity (Wildman–Crippen MR) is 79.8 cm³/mol. The molecule has 1 aromatic carbocycles. The van der Waals surface area contributed by atoms with E-state index in [2.05, 4.69) is 26.1 Å². The molecule has 108 valence electrons. The van der Waals surface area contributed by atoms with Gasteiger partial charge in [-0.1, -0.05) is 32.9 Å². The van der Waals surface area contributed by atoms with Crippen molar-refractivity contribution in [2.24, 2.45) is 0 Å². The summed E-state index contributed by atoms with van der Waals surface area (Å²) in [5.41, 5.74) is 2.13. The predicted octanol–water partition coefficient (Wildman–Crippen LogP) is 3.34. The number of hydrogen-bond donors (Lipinski definition) is 2. The van der Waals surface area contributed by atoms with Crippen molar-refractivity contribution in [1.82, 2.24) is 0 Å². The van der Waals surface area contributed by atoms with E-state index in [1.54, 1.807) is 0 Å². The molecule has 0 unspecified atom stereocenters. The van der Waals surface area contributed by atoms with E-state index in [4.69, 9.17) is 5.11 Å². The number of rotatable bonds is 3. The van der Waals surface area contributed by atoms with Crippen LogP contribution in [0.4, 0.5) is 5.69 Å². The number of aliphatic carboxylic acids is 1. The second-order valence-corrected chi connectivity index (χ2v) is 5.84. The maximum atomic E-state index is 11.9. The normalized spacial score (nSPS) is 12.7. The molecule has 0 bridgehead atoms. The highest BCUT2D eigenvalue weighted by molar-refractivity contribution is 6.08. The molecule has 0 radical (unpaired) electrons. The average molecular weight is 275 g/mol. The van der Waals surface area contributed by atoms with Gasteiger partial charge in [-0.3, -0.25) is 4.79 Å². The Bertz CT molecular complexity index is 548. The Kier molecular flexibility index (Phi) is 4.71. The third-order valence-corrected chi connectivity index (χ3v) is 3.23.